The fourth-order valence-electron chi connectivity index (χ4n) is 2.58. The van der Waals surface area contributed by atoms with Crippen LogP contribution in [0.2, 0.25) is 0 Å². The topological polar surface area (TPSA) is 64.7 Å². The highest BCUT2D eigenvalue weighted by atomic mass is 16.7. The summed E-state index contributed by atoms with van der Waals surface area (Å²) in [7, 11) is 0. The van der Waals surface area contributed by atoms with Crippen LogP contribution < -0.4 is 10.5 Å². The van der Waals surface area contributed by atoms with Gasteiger partial charge >= 0.3 is 0 Å². The largest absolute Gasteiger partial charge is 0.465 e. The summed E-state index contributed by atoms with van der Waals surface area (Å²) >= 11 is 0. The standard InChI is InChI=1S/C21H29NO3/c1-2-3-12-21(24-16-17-8-5-4-6-9-17)25-19-11-7-10-18(15-19)20(23)13-14-22/h4-11,15,20-21,23H,2-3,12-14,16,22H2,1H3. The van der Waals surface area contributed by atoms with Crippen molar-refractivity contribution < 1.29 is 14.6 Å². The molecule has 0 radical (unpaired) electrons. The molecule has 0 aliphatic rings. The monoisotopic (exact) mass is 343 g/mol. The van der Waals surface area contributed by atoms with Gasteiger partial charge in [0.25, 0.3) is 0 Å². The van der Waals surface area contributed by atoms with Crippen molar-refractivity contribution in [3.8, 4) is 5.75 Å². The summed E-state index contributed by atoms with van der Waals surface area (Å²) in [4.78, 5) is 0. The Morgan fingerprint density at radius 3 is 2.56 bits per heavy atom. The van der Waals surface area contributed by atoms with Gasteiger partial charge in [0.1, 0.15) is 5.75 Å². The van der Waals surface area contributed by atoms with E-state index in [9.17, 15) is 5.11 Å². The molecule has 136 valence electrons. The van der Waals surface area contributed by atoms with Crippen molar-refractivity contribution in [2.24, 2.45) is 5.73 Å². The first-order valence-corrected chi connectivity index (χ1v) is 9.03. The second kappa shape index (κ2) is 10.9. The molecule has 0 heterocycles. The second-order valence-corrected chi connectivity index (χ2v) is 6.15. The van der Waals surface area contributed by atoms with Gasteiger partial charge < -0.3 is 20.3 Å². The molecule has 2 unspecified atom stereocenters. The maximum absolute atomic E-state index is 10.1. The summed E-state index contributed by atoms with van der Waals surface area (Å²) in [5.74, 6) is 0.711. The van der Waals surface area contributed by atoms with Crippen LogP contribution in [0.5, 0.6) is 5.75 Å². The van der Waals surface area contributed by atoms with Gasteiger partial charge in [0.15, 0.2) is 6.29 Å². The van der Waals surface area contributed by atoms with Crippen LogP contribution in [0.3, 0.4) is 0 Å². The molecule has 0 amide bonds. The molecule has 4 heteroatoms. The SMILES string of the molecule is CCCCC(OCc1ccccc1)Oc1cccc(C(O)CCN)c1. The quantitative estimate of drug-likeness (QED) is 0.601. The molecule has 25 heavy (non-hydrogen) atoms. The predicted molar refractivity (Wildman–Crippen MR) is 100 cm³/mol. The summed E-state index contributed by atoms with van der Waals surface area (Å²) in [6.45, 7) is 3.12. The third kappa shape index (κ3) is 6.86. The van der Waals surface area contributed by atoms with Crippen LogP contribution in [0.25, 0.3) is 0 Å². The van der Waals surface area contributed by atoms with Crippen molar-refractivity contribution in [2.75, 3.05) is 6.54 Å². The minimum atomic E-state index is -0.562. The van der Waals surface area contributed by atoms with Gasteiger partial charge in [-0.2, -0.15) is 0 Å². The van der Waals surface area contributed by atoms with E-state index in [1.807, 2.05) is 54.6 Å². The molecule has 0 bridgehead atoms. The Hall–Kier alpha value is -1.88. The lowest BCUT2D eigenvalue weighted by atomic mass is 10.1. The van der Waals surface area contributed by atoms with Gasteiger partial charge in [0.2, 0.25) is 0 Å². The summed E-state index contributed by atoms with van der Waals surface area (Å²) in [6.07, 6.45) is 2.63. The minimum absolute atomic E-state index is 0.304. The number of aliphatic hydroxyl groups excluding tert-OH is 1. The zero-order valence-corrected chi connectivity index (χ0v) is 14.9. The Morgan fingerprint density at radius 1 is 1.04 bits per heavy atom. The maximum atomic E-state index is 10.1. The van der Waals surface area contributed by atoms with E-state index in [1.54, 1.807) is 0 Å². The molecule has 2 aromatic carbocycles. The number of rotatable bonds is 11. The van der Waals surface area contributed by atoms with Crippen LogP contribution in [-0.4, -0.2) is 17.9 Å². The van der Waals surface area contributed by atoms with Gasteiger partial charge in [-0.15, -0.1) is 0 Å². The Kier molecular flexibility index (Phi) is 8.46. The molecular weight excluding hydrogens is 314 g/mol. The van der Waals surface area contributed by atoms with Gasteiger partial charge in [-0.3, -0.25) is 0 Å². The Bertz CT molecular complexity index is 603. The van der Waals surface area contributed by atoms with Gasteiger partial charge in [0, 0.05) is 6.42 Å². The van der Waals surface area contributed by atoms with Crippen molar-refractivity contribution in [3.05, 3.63) is 65.7 Å². The van der Waals surface area contributed by atoms with E-state index in [0.717, 1.165) is 30.4 Å². The Morgan fingerprint density at radius 2 is 1.84 bits per heavy atom. The Balaban J connectivity index is 1.99. The van der Waals surface area contributed by atoms with Gasteiger partial charge in [-0.25, -0.2) is 0 Å². The summed E-state index contributed by atoms with van der Waals surface area (Å²) in [5.41, 5.74) is 7.47. The number of nitrogens with two attached hydrogens (primary N) is 1. The van der Waals surface area contributed by atoms with Crippen molar-refractivity contribution in [1.29, 1.82) is 0 Å². The first kappa shape index (κ1) is 19.4. The number of benzene rings is 2. The van der Waals surface area contributed by atoms with Crippen LogP contribution in [0.15, 0.2) is 54.6 Å². The number of ether oxygens (including phenoxy) is 2. The van der Waals surface area contributed by atoms with Gasteiger partial charge in [-0.05, 0) is 42.6 Å². The third-order valence-electron chi connectivity index (χ3n) is 4.02. The highest BCUT2D eigenvalue weighted by molar-refractivity contribution is 5.30. The number of hydrogen-bond donors (Lipinski definition) is 2. The van der Waals surface area contributed by atoms with Gasteiger partial charge in [0.05, 0.1) is 12.7 Å². The molecule has 0 aromatic heterocycles. The van der Waals surface area contributed by atoms with Crippen LogP contribution in [0.1, 0.15) is 49.8 Å². The Labute approximate surface area is 150 Å². The lowest BCUT2D eigenvalue weighted by Crippen LogP contribution is -2.20. The smallest absolute Gasteiger partial charge is 0.200 e. The van der Waals surface area contributed by atoms with E-state index in [2.05, 4.69) is 6.92 Å². The van der Waals surface area contributed by atoms with Crippen molar-refractivity contribution >= 4 is 0 Å². The normalized spacial score (nSPS) is 13.4. The molecule has 0 fully saturated rings. The van der Waals surface area contributed by atoms with E-state index in [0.29, 0.717) is 25.3 Å². The molecular formula is C21H29NO3. The van der Waals surface area contributed by atoms with Crippen LogP contribution in [-0.2, 0) is 11.3 Å². The van der Waals surface area contributed by atoms with E-state index in [4.69, 9.17) is 15.2 Å². The zero-order chi connectivity index (χ0) is 17.9. The number of hydrogen-bond acceptors (Lipinski definition) is 4. The minimum Gasteiger partial charge on any atom is -0.465 e. The fourth-order valence-corrected chi connectivity index (χ4v) is 2.58. The van der Waals surface area contributed by atoms with Gasteiger partial charge in [-0.1, -0.05) is 55.8 Å². The molecule has 0 aliphatic carbocycles. The van der Waals surface area contributed by atoms with E-state index in [1.165, 1.54) is 0 Å². The molecule has 0 saturated heterocycles. The average Bonchev–Trinajstić information content (AvgIpc) is 2.65. The van der Waals surface area contributed by atoms with E-state index < -0.39 is 6.10 Å². The van der Waals surface area contributed by atoms with Crippen molar-refractivity contribution in [1.82, 2.24) is 0 Å². The van der Waals surface area contributed by atoms with Crippen LogP contribution in [0.4, 0.5) is 0 Å². The van der Waals surface area contributed by atoms with Crippen molar-refractivity contribution in [2.45, 2.75) is 51.6 Å². The predicted octanol–water partition coefficient (Wildman–Crippen LogP) is 4.18. The lowest BCUT2D eigenvalue weighted by Gasteiger charge is -2.20. The summed E-state index contributed by atoms with van der Waals surface area (Å²) in [5, 5.41) is 10.1. The zero-order valence-electron chi connectivity index (χ0n) is 14.9. The third-order valence-corrected chi connectivity index (χ3v) is 4.02. The summed E-state index contributed by atoms with van der Waals surface area (Å²) < 4.78 is 12.0. The lowest BCUT2D eigenvalue weighted by molar-refractivity contribution is -0.0943. The van der Waals surface area contributed by atoms with E-state index >= 15 is 0 Å². The first-order valence-electron chi connectivity index (χ1n) is 9.03. The highest BCUT2D eigenvalue weighted by Crippen LogP contribution is 2.23. The maximum Gasteiger partial charge on any atom is 0.200 e. The molecule has 0 spiro atoms. The second-order valence-electron chi connectivity index (χ2n) is 6.15. The first-order chi connectivity index (χ1) is 12.2. The van der Waals surface area contributed by atoms with Crippen molar-refractivity contribution in [3.63, 3.8) is 0 Å². The molecule has 3 N–H and O–H groups in total. The molecule has 2 aromatic rings. The number of unbranched alkanes of at least 4 members (excludes halogenated alkanes) is 1. The number of aliphatic hydroxyl groups is 1. The summed E-state index contributed by atoms with van der Waals surface area (Å²) in [6, 6.07) is 17.6. The molecule has 2 atom stereocenters. The van der Waals surface area contributed by atoms with Crippen LogP contribution >= 0.6 is 0 Å². The highest BCUT2D eigenvalue weighted by Gasteiger charge is 2.13. The average molecular weight is 343 g/mol. The molecule has 4 nitrogen and oxygen atoms in total. The molecule has 2 rings (SSSR count). The van der Waals surface area contributed by atoms with E-state index in [-0.39, 0.29) is 6.29 Å². The fraction of sp³-hybridized carbons (Fsp3) is 0.429. The molecule has 0 aliphatic heterocycles. The molecule has 0 saturated carbocycles. The van der Waals surface area contributed by atoms with Crippen LogP contribution in [0, 0.1) is 0 Å².